The lowest BCUT2D eigenvalue weighted by Crippen LogP contribution is -2.48. The SMILES string of the molecule is COCC(C)(C)C(=O)N[C@H]1CN(c2cc(C)nc(N)n2)C[C@@H]1C1CC1.Cl. The number of hydrogen-bond acceptors (Lipinski definition) is 6. The number of aromatic nitrogens is 2. The van der Waals surface area contributed by atoms with Crippen molar-refractivity contribution in [3.63, 3.8) is 0 Å². The summed E-state index contributed by atoms with van der Waals surface area (Å²) in [5, 5.41) is 3.27. The Morgan fingerprint density at radius 3 is 2.65 bits per heavy atom. The van der Waals surface area contributed by atoms with E-state index in [0.717, 1.165) is 24.6 Å². The maximum absolute atomic E-state index is 12.7. The lowest BCUT2D eigenvalue weighted by molar-refractivity contribution is -0.132. The fourth-order valence-corrected chi connectivity index (χ4v) is 3.70. The van der Waals surface area contributed by atoms with Crippen molar-refractivity contribution in [2.24, 2.45) is 17.3 Å². The molecular formula is C18H30ClN5O2. The van der Waals surface area contributed by atoms with Gasteiger partial charge in [-0.2, -0.15) is 4.98 Å². The van der Waals surface area contributed by atoms with Crippen LogP contribution in [0, 0.1) is 24.2 Å². The number of anilines is 2. The van der Waals surface area contributed by atoms with Crippen molar-refractivity contribution < 1.29 is 9.53 Å². The number of nitrogen functional groups attached to an aromatic ring is 1. The summed E-state index contributed by atoms with van der Waals surface area (Å²) in [5.41, 5.74) is 6.13. The Kier molecular flexibility index (Phi) is 6.34. The van der Waals surface area contributed by atoms with E-state index in [4.69, 9.17) is 10.5 Å². The van der Waals surface area contributed by atoms with Crippen LogP contribution in [0.2, 0.25) is 0 Å². The van der Waals surface area contributed by atoms with Gasteiger partial charge in [0.2, 0.25) is 11.9 Å². The molecule has 2 atom stereocenters. The van der Waals surface area contributed by atoms with Gasteiger partial charge in [0, 0.05) is 37.9 Å². The summed E-state index contributed by atoms with van der Waals surface area (Å²) in [6.07, 6.45) is 2.49. The summed E-state index contributed by atoms with van der Waals surface area (Å²) in [5.74, 6) is 2.35. The average molecular weight is 384 g/mol. The third-order valence-corrected chi connectivity index (χ3v) is 5.21. The molecule has 1 aliphatic heterocycles. The number of rotatable bonds is 6. The van der Waals surface area contributed by atoms with Crippen LogP contribution >= 0.6 is 12.4 Å². The van der Waals surface area contributed by atoms with Crippen molar-refractivity contribution in [3.8, 4) is 0 Å². The van der Waals surface area contributed by atoms with Crippen LogP contribution in [0.5, 0.6) is 0 Å². The summed E-state index contributed by atoms with van der Waals surface area (Å²) in [6.45, 7) is 7.81. The fraction of sp³-hybridized carbons (Fsp3) is 0.722. The Bertz CT molecular complexity index is 630. The van der Waals surface area contributed by atoms with Crippen molar-refractivity contribution in [2.45, 2.75) is 39.7 Å². The van der Waals surface area contributed by atoms with Gasteiger partial charge in [-0.3, -0.25) is 4.79 Å². The van der Waals surface area contributed by atoms with Crippen LogP contribution in [0.3, 0.4) is 0 Å². The Morgan fingerprint density at radius 1 is 1.38 bits per heavy atom. The van der Waals surface area contributed by atoms with E-state index in [1.165, 1.54) is 12.8 Å². The van der Waals surface area contributed by atoms with Gasteiger partial charge in [-0.05, 0) is 39.5 Å². The Hall–Kier alpha value is -1.60. The van der Waals surface area contributed by atoms with Crippen molar-refractivity contribution in [2.75, 3.05) is 37.4 Å². The van der Waals surface area contributed by atoms with E-state index in [0.29, 0.717) is 24.4 Å². The predicted molar refractivity (Wildman–Crippen MR) is 104 cm³/mol. The summed E-state index contributed by atoms with van der Waals surface area (Å²) in [6, 6.07) is 2.09. The zero-order chi connectivity index (χ0) is 18.2. The van der Waals surface area contributed by atoms with Crippen LogP contribution in [-0.2, 0) is 9.53 Å². The van der Waals surface area contributed by atoms with Crippen LogP contribution in [-0.4, -0.2) is 48.7 Å². The van der Waals surface area contributed by atoms with Gasteiger partial charge in [-0.1, -0.05) is 0 Å². The maximum Gasteiger partial charge on any atom is 0.228 e. The van der Waals surface area contributed by atoms with Crippen LogP contribution in [0.1, 0.15) is 32.4 Å². The number of halogens is 1. The van der Waals surface area contributed by atoms with E-state index in [1.54, 1.807) is 7.11 Å². The van der Waals surface area contributed by atoms with E-state index in [2.05, 4.69) is 20.2 Å². The highest BCUT2D eigenvalue weighted by atomic mass is 35.5. The highest BCUT2D eigenvalue weighted by Crippen LogP contribution is 2.42. The number of carbonyl (C=O) groups is 1. The number of methoxy groups -OCH3 is 1. The van der Waals surface area contributed by atoms with E-state index in [-0.39, 0.29) is 24.4 Å². The molecule has 3 rings (SSSR count). The van der Waals surface area contributed by atoms with Gasteiger partial charge in [0.05, 0.1) is 18.1 Å². The summed E-state index contributed by atoms with van der Waals surface area (Å²) in [4.78, 5) is 23.5. The highest BCUT2D eigenvalue weighted by molar-refractivity contribution is 5.85. The summed E-state index contributed by atoms with van der Waals surface area (Å²) in [7, 11) is 1.63. The molecule has 2 heterocycles. The fourth-order valence-electron chi connectivity index (χ4n) is 3.70. The molecule has 0 bridgehead atoms. The molecule has 0 aromatic carbocycles. The van der Waals surface area contributed by atoms with Crippen molar-refractivity contribution in [1.29, 1.82) is 0 Å². The van der Waals surface area contributed by atoms with Gasteiger partial charge in [0.1, 0.15) is 5.82 Å². The molecule has 8 heteroatoms. The average Bonchev–Trinajstić information content (AvgIpc) is 3.27. The van der Waals surface area contributed by atoms with Crippen LogP contribution in [0.25, 0.3) is 0 Å². The largest absolute Gasteiger partial charge is 0.384 e. The van der Waals surface area contributed by atoms with Gasteiger partial charge in [0.25, 0.3) is 0 Å². The van der Waals surface area contributed by atoms with Crippen LogP contribution in [0.15, 0.2) is 6.07 Å². The molecule has 146 valence electrons. The topological polar surface area (TPSA) is 93.4 Å². The first kappa shape index (κ1) is 20.7. The lowest BCUT2D eigenvalue weighted by Gasteiger charge is -2.27. The van der Waals surface area contributed by atoms with E-state index >= 15 is 0 Å². The molecule has 1 saturated heterocycles. The summed E-state index contributed by atoms with van der Waals surface area (Å²) < 4.78 is 5.19. The van der Waals surface area contributed by atoms with E-state index in [1.807, 2.05) is 26.8 Å². The lowest BCUT2D eigenvalue weighted by atomic mass is 9.91. The first-order valence-electron chi connectivity index (χ1n) is 8.96. The number of aryl methyl sites for hydroxylation is 1. The minimum Gasteiger partial charge on any atom is -0.384 e. The molecule has 0 radical (unpaired) electrons. The van der Waals surface area contributed by atoms with Gasteiger partial charge in [0.15, 0.2) is 0 Å². The normalized spacial score (nSPS) is 22.8. The second kappa shape index (κ2) is 7.96. The molecule has 1 aliphatic carbocycles. The first-order valence-corrected chi connectivity index (χ1v) is 8.96. The standard InChI is InChI=1S/C18H29N5O2.ClH/c1-11-7-15(22-17(19)20-11)23-8-13(12-5-6-12)14(9-23)21-16(24)18(2,3)10-25-4;/h7,12-14H,5-6,8-10H2,1-4H3,(H,21,24)(H2,19,20,22);1H/t13-,14+;/m1./s1. The second-order valence-corrected chi connectivity index (χ2v) is 8.03. The second-order valence-electron chi connectivity index (χ2n) is 8.03. The monoisotopic (exact) mass is 383 g/mol. The Balaban J connectivity index is 0.00000243. The van der Waals surface area contributed by atoms with Gasteiger partial charge in [-0.25, -0.2) is 4.98 Å². The zero-order valence-electron chi connectivity index (χ0n) is 16.0. The first-order chi connectivity index (χ1) is 11.8. The van der Waals surface area contributed by atoms with Gasteiger partial charge < -0.3 is 20.7 Å². The number of carbonyl (C=O) groups excluding carboxylic acids is 1. The highest BCUT2D eigenvalue weighted by Gasteiger charge is 2.44. The molecule has 0 unspecified atom stereocenters. The molecule has 1 amide bonds. The number of ether oxygens (including phenoxy) is 1. The molecule has 1 aromatic heterocycles. The van der Waals surface area contributed by atoms with E-state index in [9.17, 15) is 4.79 Å². The van der Waals surface area contributed by atoms with Gasteiger partial charge >= 0.3 is 0 Å². The quantitative estimate of drug-likeness (QED) is 0.777. The maximum atomic E-state index is 12.7. The third kappa shape index (κ3) is 4.57. The number of nitrogens with zero attached hydrogens (tertiary/aromatic N) is 3. The summed E-state index contributed by atoms with van der Waals surface area (Å²) >= 11 is 0. The number of nitrogens with two attached hydrogens (primary N) is 1. The molecule has 3 N–H and O–H groups in total. The molecule has 1 aromatic rings. The molecule has 26 heavy (non-hydrogen) atoms. The predicted octanol–water partition coefficient (Wildman–Crippen LogP) is 1.79. The Labute approximate surface area is 161 Å². The van der Waals surface area contributed by atoms with Crippen LogP contribution in [0.4, 0.5) is 11.8 Å². The van der Waals surface area contributed by atoms with Crippen molar-refractivity contribution >= 4 is 30.1 Å². The van der Waals surface area contributed by atoms with Crippen LogP contribution < -0.4 is 16.0 Å². The smallest absolute Gasteiger partial charge is 0.228 e. The molecule has 1 saturated carbocycles. The molecule has 7 nitrogen and oxygen atoms in total. The minimum atomic E-state index is -0.536. The molecule has 2 aliphatic rings. The molecule has 2 fully saturated rings. The van der Waals surface area contributed by atoms with E-state index < -0.39 is 5.41 Å². The number of amides is 1. The molecular weight excluding hydrogens is 354 g/mol. The third-order valence-electron chi connectivity index (χ3n) is 5.21. The number of nitrogens with one attached hydrogen (secondary N) is 1. The minimum absolute atomic E-state index is 0. The van der Waals surface area contributed by atoms with Crippen molar-refractivity contribution in [1.82, 2.24) is 15.3 Å². The molecule has 0 spiro atoms. The number of hydrogen-bond donors (Lipinski definition) is 2. The Morgan fingerprint density at radius 2 is 2.08 bits per heavy atom. The van der Waals surface area contributed by atoms with Crippen molar-refractivity contribution in [3.05, 3.63) is 11.8 Å². The zero-order valence-corrected chi connectivity index (χ0v) is 16.8. The van der Waals surface area contributed by atoms with Gasteiger partial charge in [-0.15, -0.1) is 12.4 Å².